The van der Waals surface area contributed by atoms with Crippen molar-refractivity contribution in [1.29, 1.82) is 0 Å². The van der Waals surface area contributed by atoms with Crippen LogP contribution in [0.1, 0.15) is 32.0 Å². The summed E-state index contributed by atoms with van der Waals surface area (Å²) in [6.45, 7) is 2.21. The number of nitrogens with zero attached hydrogens (tertiary/aromatic N) is 2. The number of aromatic amines is 1. The fourth-order valence-electron chi connectivity index (χ4n) is 2.60. The molecule has 2 N–H and O–H groups in total. The maximum Gasteiger partial charge on any atom is 0.319 e. The first-order valence-electron chi connectivity index (χ1n) is 6.92. The Balaban J connectivity index is 2.02. The van der Waals surface area contributed by atoms with Crippen LogP contribution in [0, 0.1) is 0 Å². The number of nitrogens with one attached hydrogen (secondary N) is 2. The van der Waals surface area contributed by atoms with Crippen LogP contribution in [0.15, 0.2) is 12.1 Å². The molecule has 20 heavy (non-hydrogen) atoms. The summed E-state index contributed by atoms with van der Waals surface area (Å²) < 4.78 is 5.21. The number of anilines is 1. The summed E-state index contributed by atoms with van der Waals surface area (Å²) in [6, 6.07) is 3.80. The Morgan fingerprint density at radius 1 is 1.45 bits per heavy atom. The molecule has 1 fully saturated rings. The number of rotatable bonds is 4. The van der Waals surface area contributed by atoms with Crippen LogP contribution in [-0.4, -0.2) is 34.6 Å². The van der Waals surface area contributed by atoms with Crippen LogP contribution in [0.5, 0.6) is 0 Å². The molecule has 0 amide bonds. The van der Waals surface area contributed by atoms with Crippen molar-refractivity contribution >= 4 is 23.0 Å². The number of pyridine rings is 1. The molecule has 2 heterocycles. The van der Waals surface area contributed by atoms with Crippen LogP contribution in [0.2, 0.25) is 0 Å². The minimum atomic E-state index is -0.601. The minimum absolute atomic E-state index is 0.181. The fourth-order valence-corrected chi connectivity index (χ4v) is 2.60. The van der Waals surface area contributed by atoms with Gasteiger partial charge in [-0.3, -0.25) is 4.79 Å². The molecule has 0 spiro atoms. The average molecular weight is 274 g/mol. The highest BCUT2D eigenvalue weighted by Crippen LogP contribution is 2.43. The number of ether oxygens (including phenoxy) is 1. The molecule has 106 valence electrons. The quantitative estimate of drug-likeness (QED) is 0.833. The summed E-state index contributed by atoms with van der Waals surface area (Å²) in [4.78, 5) is 24.4. The van der Waals surface area contributed by atoms with Gasteiger partial charge in [-0.05, 0) is 31.9 Å². The van der Waals surface area contributed by atoms with Crippen molar-refractivity contribution < 1.29 is 9.53 Å². The molecule has 0 saturated heterocycles. The summed E-state index contributed by atoms with van der Waals surface area (Å²) in [7, 11) is 1.81. The second kappa shape index (κ2) is 4.77. The van der Waals surface area contributed by atoms with E-state index in [0.717, 1.165) is 30.6 Å². The van der Waals surface area contributed by atoms with Crippen molar-refractivity contribution in [3.05, 3.63) is 18.0 Å². The number of esters is 1. The third-order valence-electron chi connectivity index (χ3n) is 3.93. The number of imidazole rings is 1. The van der Waals surface area contributed by atoms with Crippen LogP contribution in [-0.2, 0) is 14.9 Å². The van der Waals surface area contributed by atoms with Gasteiger partial charge in [-0.15, -0.1) is 0 Å². The summed E-state index contributed by atoms with van der Waals surface area (Å²) in [6.07, 6.45) is 2.58. The van der Waals surface area contributed by atoms with E-state index in [1.165, 1.54) is 0 Å². The Hall–Kier alpha value is -2.11. The minimum Gasteiger partial charge on any atom is -0.465 e. The molecule has 0 bridgehead atoms. The van der Waals surface area contributed by atoms with E-state index >= 15 is 0 Å². The van der Waals surface area contributed by atoms with Gasteiger partial charge >= 0.3 is 5.97 Å². The number of carbonyl (C=O) groups excluding carboxylic acids is 1. The van der Waals surface area contributed by atoms with Crippen LogP contribution in [0.4, 0.5) is 5.82 Å². The Morgan fingerprint density at radius 3 is 2.85 bits per heavy atom. The van der Waals surface area contributed by atoms with Gasteiger partial charge in [0.2, 0.25) is 0 Å². The van der Waals surface area contributed by atoms with Crippen molar-refractivity contribution in [1.82, 2.24) is 15.0 Å². The van der Waals surface area contributed by atoms with E-state index < -0.39 is 5.41 Å². The second-order valence-electron chi connectivity index (χ2n) is 5.06. The Morgan fingerprint density at radius 2 is 2.25 bits per heavy atom. The van der Waals surface area contributed by atoms with E-state index in [1.54, 1.807) is 0 Å². The predicted molar refractivity (Wildman–Crippen MR) is 75.6 cm³/mol. The average Bonchev–Trinajstić information content (AvgIpc) is 2.80. The zero-order valence-corrected chi connectivity index (χ0v) is 11.7. The molecule has 0 atom stereocenters. The molecule has 3 rings (SSSR count). The van der Waals surface area contributed by atoms with Gasteiger partial charge in [0.05, 0.1) is 12.1 Å². The highest BCUT2D eigenvalue weighted by atomic mass is 16.5. The third-order valence-corrected chi connectivity index (χ3v) is 3.93. The molecule has 1 aliphatic carbocycles. The van der Waals surface area contributed by atoms with Crippen LogP contribution in [0.3, 0.4) is 0 Å². The van der Waals surface area contributed by atoms with Crippen LogP contribution >= 0.6 is 0 Å². The second-order valence-corrected chi connectivity index (χ2v) is 5.06. The van der Waals surface area contributed by atoms with Gasteiger partial charge in [-0.25, -0.2) is 9.97 Å². The lowest BCUT2D eigenvalue weighted by Gasteiger charge is -2.37. The monoisotopic (exact) mass is 274 g/mol. The van der Waals surface area contributed by atoms with Crippen molar-refractivity contribution in [3.63, 3.8) is 0 Å². The van der Waals surface area contributed by atoms with Crippen LogP contribution in [0.25, 0.3) is 11.2 Å². The Kier molecular flexibility index (Phi) is 3.08. The third kappa shape index (κ3) is 1.83. The van der Waals surface area contributed by atoms with Gasteiger partial charge in [-0.1, -0.05) is 6.42 Å². The highest BCUT2D eigenvalue weighted by molar-refractivity contribution is 5.85. The fraction of sp³-hybridized carbons (Fsp3) is 0.500. The smallest absolute Gasteiger partial charge is 0.319 e. The SMILES string of the molecule is CCOC(=O)C1(c2nc3nc(NC)ccc3[nH]2)CCC1. The highest BCUT2D eigenvalue weighted by Gasteiger charge is 2.49. The summed E-state index contributed by atoms with van der Waals surface area (Å²) in [5.41, 5.74) is 0.869. The maximum atomic E-state index is 12.2. The largest absolute Gasteiger partial charge is 0.465 e. The molecule has 0 aromatic carbocycles. The first-order chi connectivity index (χ1) is 9.69. The molecular weight excluding hydrogens is 256 g/mol. The van der Waals surface area contributed by atoms with Gasteiger partial charge in [0.25, 0.3) is 0 Å². The molecule has 2 aromatic rings. The normalized spacial score (nSPS) is 16.7. The Labute approximate surface area is 117 Å². The molecule has 2 aromatic heterocycles. The number of hydrogen-bond acceptors (Lipinski definition) is 5. The molecule has 0 aliphatic heterocycles. The summed E-state index contributed by atoms with van der Waals surface area (Å²) in [5.74, 6) is 1.26. The molecule has 6 nitrogen and oxygen atoms in total. The molecule has 6 heteroatoms. The summed E-state index contributed by atoms with van der Waals surface area (Å²) in [5, 5.41) is 2.98. The van der Waals surface area contributed by atoms with E-state index in [0.29, 0.717) is 18.1 Å². The van der Waals surface area contributed by atoms with E-state index in [9.17, 15) is 4.79 Å². The number of H-pyrrole nitrogens is 1. The van der Waals surface area contributed by atoms with Gasteiger partial charge < -0.3 is 15.0 Å². The zero-order chi connectivity index (χ0) is 14.2. The molecule has 0 unspecified atom stereocenters. The van der Waals surface area contributed by atoms with E-state index in [-0.39, 0.29) is 5.97 Å². The topological polar surface area (TPSA) is 79.9 Å². The standard InChI is InChI=1S/C14H18N4O2/c1-3-20-13(19)14(7-4-8-14)12-16-9-5-6-10(15-2)17-11(9)18-12/h5-6H,3-4,7-8H2,1-2H3,(H2,15,16,17,18). The van der Waals surface area contributed by atoms with E-state index in [4.69, 9.17) is 4.74 Å². The van der Waals surface area contributed by atoms with Gasteiger partial charge in [0.15, 0.2) is 5.65 Å². The van der Waals surface area contributed by atoms with Crippen LogP contribution < -0.4 is 5.32 Å². The molecular formula is C14H18N4O2. The van der Waals surface area contributed by atoms with Gasteiger partial charge in [0, 0.05) is 7.05 Å². The van der Waals surface area contributed by atoms with Crippen molar-refractivity contribution in [2.24, 2.45) is 0 Å². The number of aromatic nitrogens is 3. The molecule has 1 aliphatic rings. The number of fused-ring (bicyclic) bond motifs is 1. The number of hydrogen-bond donors (Lipinski definition) is 2. The zero-order valence-electron chi connectivity index (χ0n) is 11.7. The lowest BCUT2D eigenvalue weighted by molar-refractivity contribution is -0.154. The lowest BCUT2D eigenvalue weighted by Crippen LogP contribution is -2.44. The van der Waals surface area contributed by atoms with Gasteiger partial charge in [-0.2, -0.15) is 0 Å². The molecule has 0 radical (unpaired) electrons. The number of carbonyl (C=O) groups is 1. The first kappa shape index (κ1) is 12.9. The van der Waals surface area contributed by atoms with E-state index in [2.05, 4.69) is 20.3 Å². The van der Waals surface area contributed by atoms with E-state index in [1.807, 2.05) is 26.1 Å². The van der Waals surface area contributed by atoms with Crippen molar-refractivity contribution in [2.45, 2.75) is 31.6 Å². The maximum absolute atomic E-state index is 12.2. The first-order valence-corrected chi connectivity index (χ1v) is 6.92. The molecule has 1 saturated carbocycles. The van der Waals surface area contributed by atoms with Gasteiger partial charge in [0.1, 0.15) is 17.1 Å². The Bertz CT molecular complexity index is 646. The predicted octanol–water partition coefficient (Wildman–Crippen LogP) is 1.98. The lowest BCUT2D eigenvalue weighted by atomic mass is 9.68. The van der Waals surface area contributed by atoms with Crippen molar-refractivity contribution in [3.8, 4) is 0 Å². The summed E-state index contributed by atoms with van der Waals surface area (Å²) >= 11 is 0. The van der Waals surface area contributed by atoms with Crippen molar-refractivity contribution in [2.75, 3.05) is 19.0 Å².